The van der Waals surface area contributed by atoms with Gasteiger partial charge in [0.1, 0.15) is 5.82 Å². The first-order valence-electron chi connectivity index (χ1n) is 9.52. The van der Waals surface area contributed by atoms with Crippen molar-refractivity contribution < 1.29 is 22.7 Å². The van der Waals surface area contributed by atoms with Crippen LogP contribution in [0.25, 0.3) is 16.6 Å². The van der Waals surface area contributed by atoms with E-state index in [4.69, 9.17) is 0 Å². The van der Waals surface area contributed by atoms with Gasteiger partial charge in [0.05, 0.1) is 23.9 Å². The summed E-state index contributed by atoms with van der Waals surface area (Å²) in [6.45, 7) is 1.02. The number of aryl methyl sites for hydroxylation is 1. The van der Waals surface area contributed by atoms with Crippen molar-refractivity contribution in [1.29, 1.82) is 0 Å². The summed E-state index contributed by atoms with van der Waals surface area (Å²) >= 11 is 0. The fourth-order valence-corrected chi connectivity index (χ4v) is 3.44. The van der Waals surface area contributed by atoms with E-state index in [-0.39, 0.29) is 5.56 Å². The van der Waals surface area contributed by atoms with Crippen molar-refractivity contribution in [3.63, 3.8) is 0 Å². The predicted octanol–water partition coefficient (Wildman–Crippen LogP) is 5.34. The highest BCUT2D eigenvalue weighted by Gasteiger charge is 2.55. The van der Waals surface area contributed by atoms with Crippen LogP contribution in [-0.2, 0) is 5.60 Å². The number of hydrogen-bond donors (Lipinski definition) is 2. The van der Waals surface area contributed by atoms with Crippen molar-refractivity contribution >= 4 is 16.6 Å². The number of rotatable bonds is 5. The molecule has 0 spiro atoms. The van der Waals surface area contributed by atoms with Gasteiger partial charge in [-0.25, -0.2) is 9.07 Å². The molecule has 0 bridgehead atoms. The Labute approximate surface area is 175 Å². The zero-order chi connectivity index (χ0) is 22.2. The normalized spacial score (nSPS) is 13.9. The van der Waals surface area contributed by atoms with Gasteiger partial charge in [0.15, 0.2) is 0 Å². The minimum Gasteiger partial charge on any atom is -0.381 e. The van der Waals surface area contributed by atoms with E-state index in [1.165, 1.54) is 53.3 Å². The highest BCUT2D eigenvalue weighted by Crippen LogP contribution is 2.40. The molecule has 8 heteroatoms. The van der Waals surface area contributed by atoms with Crippen molar-refractivity contribution in [1.82, 2.24) is 9.78 Å². The van der Waals surface area contributed by atoms with Gasteiger partial charge in [-0.15, -0.1) is 0 Å². The molecule has 3 aromatic carbocycles. The summed E-state index contributed by atoms with van der Waals surface area (Å²) in [5.74, 6) is -0.404. The molecule has 1 atom stereocenters. The largest absolute Gasteiger partial charge is 0.423 e. The molecule has 0 saturated carbocycles. The number of aromatic nitrogens is 2. The van der Waals surface area contributed by atoms with Crippen LogP contribution in [0.3, 0.4) is 0 Å². The molecule has 4 rings (SSSR count). The molecule has 1 aromatic heterocycles. The zero-order valence-corrected chi connectivity index (χ0v) is 16.5. The number of alkyl halides is 3. The van der Waals surface area contributed by atoms with Gasteiger partial charge < -0.3 is 10.4 Å². The average Bonchev–Trinajstić information content (AvgIpc) is 3.16. The maximum atomic E-state index is 14.0. The number of aliphatic hydroxyl groups is 1. The number of benzene rings is 3. The van der Waals surface area contributed by atoms with Crippen LogP contribution in [0.1, 0.15) is 11.1 Å². The van der Waals surface area contributed by atoms with E-state index in [2.05, 4.69) is 10.4 Å². The van der Waals surface area contributed by atoms with E-state index in [1.807, 2.05) is 0 Å². The fourth-order valence-electron chi connectivity index (χ4n) is 3.44. The topological polar surface area (TPSA) is 50.1 Å². The van der Waals surface area contributed by atoms with E-state index in [0.29, 0.717) is 22.3 Å². The molecule has 160 valence electrons. The Hall–Kier alpha value is -3.39. The zero-order valence-electron chi connectivity index (χ0n) is 16.5. The fraction of sp³-hybridized carbons (Fsp3) is 0.174. The first-order valence-corrected chi connectivity index (χ1v) is 9.52. The van der Waals surface area contributed by atoms with Gasteiger partial charge >= 0.3 is 6.18 Å². The Bertz CT molecular complexity index is 1220. The summed E-state index contributed by atoms with van der Waals surface area (Å²) < 4.78 is 56.6. The van der Waals surface area contributed by atoms with Crippen LogP contribution in [0.4, 0.5) is 23.2 Å². The maximum Gasteiger partial charge on any atom is 0.423 e. The van der Waals surface area contributed by atoms with Crippen molar-refractivity contribution in [2.24, 2.45) is 0 Å². The molecular weight excluding hydrogens is 410 g/mol. The molecule has 0 aliphatic rings. The second kappa shape index (κ2) is 7.70. The second-order valence-corrected chi connectivity index (χ2v) is 7.33. The molecule has 0 fully saturated rings. The molecule has 4 nitrogen and oxygen atoms in total. The SMILES string of the molecule is Cc1ccccc1NCC(O)(c1ccc2c(cnn2-c2ccc(F)cc2)c1)C(F)(F)F. The second-order valence-electron chi connectivity index (χ2n) is 7.33. The highest BCUT2D eigenvalue weighted by molar-refractivity contribution is 5.81. The highest BCUT2D eigenvalue weighted by atomic mass is 19.4. The summed E-state index contributed by atoms with van der Waals surface area (Å²) in [6.07, 6.45) is -3.50. The standard InChI is InChI=1S/C23H19F4N3O/c1-15-4-2-3-5-20(15)28-14-22(31,23(25,26)27)17-6-11-21-16(12-17)13-29-30(21)19-9-7-18(24)8-10-19/h2-13,28,31H,14H2,1H3. The quantitative estimate of drug-likeness (QED) is 0.422. The van der Waals surface area contributed by atoms with Crippen molar-refractivity contribution in [3.8, 4) is 5.69 Å². The molecule has 0 radical (unpaired) electrons. The lowest BCUT2D eigenvalue weighted by atomic mass is 9.91. The maximum absolute atomic E-state index is 14.0. The molecule has 4 aromatic rings. The Morgan fingerprint density at radius 2 is 1.71 bits per heavy atom. The summed E-state index contributed by atoms with van der Waals surface area (Å²) in [7, 11) is 0. The Morgan fingerprint density at radius 3 is 2.39 bits per heavy atom. The third kappa shape index (κ3) is 3.86. The van der Waals surface area contributed by atoms with Gasteiger partial charge in [-0.3, -0.25) is 0 Å². The summed E-state index contributed by atoms with van der Waals surface area (Å²) in [5.41, 5.74) is -1.03. The number of nitrogens with one attached hydrogen (secondary N) is 1. The number of fused-ring (bicyclic) bond motifs is 1. The molecule has 31 heavy (non-hydrogen) atoms. The minimum absolute atomic E-state index is 0.299. The summed E-state index contributed by atoms with van der Waals surface area (Å²) in [4.78, 5) is 0. The number of hydrogen-bond acceptors (Lipinski definition) is 3. The van der Waals surface area contributed by atoms with Crippen LogP contribution in [-0.4, -0.2) is 27.6 Å². The van der Waals surface area contributed by atoms with Gasteiger partial charge in [0.25, 0.3) is 0 Å². The van der Waals surface area contributed by atoms with Gasteiger partial charge in [0.2, 0.25) is 5.60 Å². The van der Waals surface area contributed by atoms with Gasteiger partial charge in [-0.1, -0.05) is 24.3 Å². The van der Waals surface area contributed by atoms with Crippen molar-refractivity contribution in [2.75, 3.05) is 11.9 Å². The van der Waals surface area contributed by atoms with Gasteiger partial charge in [0, 0.05) is 11.1 Å². The van der Waals surface area contributed by atoms with Crippen LogP contribution in [0.2, 0.25) is 0 Å². The molecule has 0 amide bonds. The number of halogens is 4. The molecule has 0 aliphatic heterocycles. The minimum atomic E-state index is -4.91. The van der Waals surface area contributed by atoms with Crippen LogP contribution < -0.4 is 5.32 Å². The van der Waals surface area contributed by atoms with Crippen molar-refractivity contribution in [2.45, 2.75) is 18.7 Å². The van der Waals surface area contributed by atoms with Gasteiger partial charge in [-0.05, 0) is 60.5 Å². The van der Waals surface area contributed by atoms with Crippen LogP contribution in [0, 0.1) is 12.7 Å². The summed E-state index contributed by atoms with van der Waals surface area (Å²) in [6, 6.07) is 16.5. The predicted molar refractivity (Wildman–Crippen MR) is 111 cm³/mol. The van der Waals surface area contributed by atoms with E-state index >= 15 is 0 Å². The Kier molecular flexibility index (Phi) is 5.18. The average molecular weight is 429 g/mol. The summed E-state index contributed by atoms with van der Waals surface area (Å²) in [5, 5.41) is 18.1. The third-order valence-electron chi connectivity index (χ3n) is 5.27. The molecule has 0 saturated heterocycles. The van der Waals surface area contributed by atoms with Crippen LogP contribution >= 0.6 is 0 Å². The third-order valence-corrected chi connectivity index (χ3v) is 5.27. The monoisotopic (exact) mass is 429 g/mol. The number of nitrogens with zero attached hydrogens (tertiary/aromatic N) is 2. The Balaban J connectivity index is 1.71. The van der Waals surface area contributed by atoms with Crippen LogP contribution in [0.5, 0.6) is 0 Å². The van der Waals surface area contributed by atoms with Crippen LogP contribution in [0.15, 0.2) is 72.9 Å². The molecule has 1 heterocycles. The molecule has 0 aliphatic carbocycles. The lowest BCUT2D eigenvalue weighted by Crippen LogP contribution is -2.47. The Morgan fingerprint density at radius 1 is 1.00 bits per heavy atom. The van der Waals surface area contributed by atoms with E-state index in [9.17, 15) is 22.7 Å². The van der Waals surface area contributed by atoms with Crippen molar-refractivity contribution in [3.05, 3.63) is 89.9 Å². The number of anilines is 1. The van der Waals surface area contributed by atoms with E-state index in [0.717, 1.165) is 5.56 Å². The lowest BCUT2D eigenvalue weighted by molar-refractivity contribution is -0.260. The molecular formula is C23H19F4N3O. The first kappa shape index (κ1) is 20.9. The lowest BCUT2D eigenvalue weighted by Gasteiger charge is -2.32. The molecule has 1 unspecified atom stereocenters. The first-order chi connectivity index (χ1) is 14.7. The molecule has 2 N–H and O–H groups in total. The van der Waals surface area contributed by atoms with E-state index in [1.54, 1.807) is 31.2 Å². The van der Waals surface area contributed by atoms with Gasteiger partial charge in [-0.2, -0.15) is 18.3 Å². The number of para-hydroxylation sites is 1. The van der Waals surface area contributed by atoms with E-state index < -0.39 is 24.1 Å². The smallest absolute Gasteiger partial charge is 0.381 e.